The molecule has 2 heterocycles. The quantitative estimate of drug-likeness (QED) is 0.822. The molecule has 19 heavy (non-hydrogen) atoms. The van der Waals surface area contributed by atoms with E-state index in [4.69, 9.17) is 0 Å². The highest BCUT2D eigenvalue weighted by molar-refractivity contribution is 6.01. The molecule has 0 spiro atoms. The maximum Gasteiger partial charge on any atom is 0.165 e. The second kappa shape index (κ2) is 4.84. The molecule has 2 aromatic rings. The summed E-state index contributed by atoms with van der Waals surface area (Å²) in [6.45, 7) is 1.55. The summed E-state index contributed by atoms with van der Waals surface area (Å²) in [6, 6.07) is 7.81. The van der Waals surface area contributed by atoms with Crippen LogP contribution < -0.4 is 4.90 Å². The molecule has 0 bridgehead atoms. The van der Waals surface area contributed by atoms with Gasteiger partial charge in [-0.15, -0.1) is 10.2 Å². The third kappa shape index (κ3) is 2.23. The highest BCUT2D eigenvalue weighted by Crippen LogP contribution is 2.27. The van der Waals surface area contributed by atoms with Gasteiger partial charge in [-0.2, -0.15) is 0 Å². The van der Waals surface area contributed by atoms with Gasteiger partial charge in [-0.25, -0.2) is 0 Å². The first-order valence-corrected chi connectivity index (χ1v) is 6.46. The van der Waals surface area contributed by atoms with Gasteiger partial charge in [0.25, 0.3) is 0 Å². The lowest BCUT2D eigenvalue weighted by Gasteiger charge is -2.23. The third-order valence-corrected chi connectivity index (χ3v) is 3.51. The van der Waals surface area contributed by atoms with E-state index < -0.39 is 0 Å². The fourth-order valence-electron chi connectivity index (χ4n) is 2.46. The first kappa shape index (κ1) is 11.9. The van der Waals surface area contributed by atoms with Crippen LogP contribution in [0.1, 0.15) is 29.0 Å². The van der Waals surface area contributed by atoms with Crippen molar-refractivity contribution in [1.82, 2.24) is 14.8 Å². The summed E-state index contributed by atoms with van der Waals surface area (Å²) in [5.74, 6) is 1.14. The van der Waals surface area contributed by atoms with E-state index in [2.05, 4.69) is 15.1 Å². The summed E-state index contributed by atoms with van der Waals surface area (Å²) in [6.07, 6.45) is 3.20. The Bertz CT molecular complexity index is 605. The van der Waals surface area contributed by atoms with Gasteiger partial charge in [0.15, 0.2) is 11.6 Å². The zero-order valence-electron chi connectivity index (χ0n) is 10.9. The average Bonchev–Trinajstić information content (AvgIpc) is 2.75. The van der Waals surface area contributed by atoms with E-state index in [9.17, 15) is 4.79 Å². The van der Waals surface area contributed by atoms with Crippen LogP contribution in [0, 0.1) is 0 Å². The zero-order chi connectivity index (χ0) is 13.2. The molecule has 0 aliphatic carbocycles. The molecule has 0 saturated carbocycles. The van der Waals surface area contributed by atoms with Gasteiger partial charge in [0.05, 0.1) is 6.54 Å². The number of Topliss-reactive ketones (excluding diaryl/α,β-unsaturated/α-hetero) is 1. The van der Waals surface area contributed by atoms with Crippen LogP contribution in [-0.4, -0.2) is 27.1 Å². The number of hydrogen-bond donors (Lipinski definition) is 0. The number of anilines is 1. The second-order valence-electron chi connectivity index (χ2n) is 4.82. The zero-order valence-corrected chi connectivity index (χ0v) is 10.9. The van der Waals surface area contributed by atoms with Crippen molar-refractivity contribution in [1.29, 1.82) is 0 Å². The standard InChI is InChI=1S/C14H16N4O/c1-17-10-15-16-14(17)9-18-8-4-7-13(19)11-5-2-3-6-12(11)18/h2-3,5-6,10H,4,7-9H2,1H3. The minimum absolute atomic E-state index is 0.232. The normalized spacial score (nSPS) is 15.2. The van der Waals surface area contributed by atoms with Crippen molar-refractivity contribution in [3.63, 3.8) is 0 Å². The van der Waals surface area contributed by atoms with Crippen molar-refractivity contribution in [2.45, 2.75) is 19.4 Å². The lowest BCUT2D eigenvalue weighted by atomic mass is 10.1. The van der Waals surface area contributed by atoms with E-state index in [1.165, 1.54) is 0 Å². The number of rotatable bonds is 2. The van der Waals surface area contributed by atoms with Crippen molar-refractivity contribution < 1.29 is 4.79 Å². The highest BCUT2D eigenvalue weighted by atomic mass is 16.1. The van der Waals surface area contributed by atoms with E-state index in [0.29, 0.717) is 13.0 Å². The second-order valence-corrected chi connectivity index (χ2v) is 4.82. The van der Waals surface area contributed by atoms with E-state index >= 15 is 0 Å². The van der Waals surface area contributed by atoms with Crippen molar-refractivity contribution in [2.24, 2.45) is 7.05 Å². The molecule has 1 aliphatic rings. The van der Waals surface area contributed by atoms with Crippen molar-refractivity contribution in [3.8, 4) is 0 Å². The van der Waals surface area contributed by atoms with Gasteiger partial charge in [0.1, 0.15) is 6.33 Å². The molecule has 0 atom stereocenters. The van der Waals surface area contributed by atoms with Crippen LogP contribution in [0.3, 0.4) is 0 Å². The SMILES string of the molecule is Cn1cnnc1CN1CCCC(=O)c2ccccc21. The molecular formula is C14H16N4O. The molecule has 3 rings (SSSR count). The van der Waals surface area contributed by atoms with Crippen molar-refractivity contribution >= 4 is 11.5 Å². The van der Waals surface area contributed by atoms with Gasteiger partial charge in [-0.3, -0.25) is 4.79 Å². The third-order valence-electron chi connectivity index (χ3n) is 3.51. The number of carbonyl (C=O) groups excluding carboxylic acids is 1. The maximum absolute atomic E-state index is 12.1. The largest absolute Gasteiger partial charge is 0.363 e. The molecule has 0 fully saturated rings. The van der Waals surface area contributed by atoms with Crippen LogP contribution in [0.15, 0.2) is 30.6 Å². The summed E-state index contributed by atoms with van der Waals surface area (Å²) in [5.41, 5.74) is 1.83. The summed E-state index contributed by atoms with van der Waals surface area (Å²) < 4.78 is 1.91. The number of carbonyl (C=O) groups is 1. The summed E-state index contributed by atoms with van der Waals surface area (Å²) >= 11 is 0. The molecule has 5 nitrogen and oxygen atoms in total. The number of benzene rings is 1. The molecule has 0 N–H and O–H groups in total. The summed E-state index contributed by atoms with van der Waals surface area (Å²) in [7, 11) is 1.93. The van der Waals surface area contributed by atoms with E-state index in [0.717, 1.165) is 30.0 Å². The smallest absolute Gasteiger partial charge is 0.165 e. The van der Waals surface area contributed by atoms with Crippen LogP contribution in [-0.2, 0) is 13.6 Å². The Morgan fingerprint density at radius 1 is 1.32 bits per heavy atom. The number of ketones is 1. The fraction of sp³-hybridized carbons (Fsp3) is 0.357. The minimum atomic E-state index is 0.232. The van der Waals surface area contributed by atoms with Gasteiger partial charge in [0, 0.05) is 31.3 Å². The predicted molar refractivity (Wildman–Crippen MR) is 72.1 cm³/mol. The Hall–Kier alpha value is -2.17. The van der Waals surface area contributed by atoms with Crippen molar-refractivity contribution in [3.05, 3.63) is 42.0 Å². The lowest BCUT2D eigenvalue weighted by Crippen LogP contribution is -2.25. The van der Waals surface area contributed by atoms with Gasteiger partial charge in [-0.1, -0.05) is 12.1 Å². The Balaban J connectivity index is 1.95. The predicted octanol–water partition coefficient (Wildman–Crippen LogP) is 1.80. The number of para-hydroxylation sites is 1. The van der Waals surface area contributed by atoms with E-state index in [-0.39, 0.29) is 5.78 Å². The summed E-state index contributed by atoms with van der Waals surface area (Å²) in [5, 5.41) is 8.02. The molecule has 1 aliphatic heterocycles. The number of aryl methyl sites for hydroxylation is 1. The molecule has 0 amide bonds. The van der Waals surface area contributed by atoms with Crippen LogP contribution >= 0.6 is 0 Å². The monoisotopic (exact) mass is 256 g/mol. The Morgan fingerprint density at radius 2 is 2.16 bits per heavy atom. The first-order valence-electron chi connectivity index (χ1n) is 6.46. The van der Waals surface area contributed by atoms with Crippen molar-refractivity contribution in [2.75, 3.05) is 11.4 Å². The van der Waals surface area contributed by atoms with Crippen LogP contribution in [0.2, 0.25) is 0 Å². The minimum Gasteiger partial charge on any atom is -0.363 e. The molecule has 1 aromatic carbocycles. The van der Waals surface area contributed by atoms with Crippen LogP contribution in [0.5, 0.6) is 0 Å². The molecule has 5 heteroatoms. The number of hydrogen-bond acceptors (Lipinski definition) is 4. The van der Waals surface area contributed by atoms with Crippen LogP contribution in [0.4, 0.5) is 5.69 Å². The molecule has 0 unspecified atom stereocenters. The van der Waals surface area contributed by atoms with Gasteiger partial charge >= 0.3 is 0 Å². The van der Waals surface area contributed by atoms with E-state index in [1.54, 1.807) is 6.33 Å². The fourth-order valence-corrected chi connectivity index (χ4v) is 2.46. The maximum atomic E-state index is 12.1. The Kier molecular flexibility index (Phi) is 3.03. The molecule has 1 aromatic heterocycles. The Morgan fingerprint density at radius 3 is 2.95 bits per heavy atom. The number of nitrogens with zero attached hydrogens (tertiary/aromatic N) is 4. The molecule has 98 valence electrons. The first-order chi connectivity index (χ1) is 9.25. The lowest BCUT2D eigenvalue weighted by molar-refractivity contribution is 0.0984. The van der Waals surface area contributed by atoms with Gasteiger partial charge in [0.2, 0.25) is 0 Å². The Labute approximate surface area is 111 Å². The highest BCUT2D eigenvalue weighted by Gasteiger charge is 2.21. The van der Waals surface area contributed by atoms with Gasteiger partial charge < -0.3 is 9.47 Å². The number of aromatic nitrogens is 3. The summed E-state index contributed by atoms with van der Waals surface area (Å²) in [4.78, 5) is 14.3. The average molecular weight is 256 g/mol. The van der Waals surface area contributed by atoms with Crippen LogP contribution in [0.25, 0.3) is 0 Å². The van der Waals surface area contributed by atoms with Gasteiger partial charge in [-0.05, 0) is 18.6 Å². The molecular weight excluding hydrogens is 240 g/mol. The molecule has 0 radical (unpaired) electrons. The number of fused-ring (bicyclic) bond motifs is 1. The van der Waals surface area contributed by atoms with E-state index in [1.807, 2.05) is 35.9 Å². The topological polar surface area (TPSA) is 51.0 Å². The molecule has 0 saturated heterocycles.